The van der Waals surface area contributed by atoms with Crippen LogP contribution in [-0.4, -0.2) is 193 Å². The summed E-state index contributed by atoms with van der Waals surface area (Å²) in [6.45, 7) is 12.9. The molecule has 0 unspecified atom stereocenters. The number of ether oxygens (including phenoxy) is 3. The first-order chi connectivity index (χ1) is 57.2. The Bertz CT molecular complexity index is 5260. The maximum Gasteiger partial charge on any atom is 0.333 e. The van der Waals surface area contributed by atoms with Crippen molar-refractivity contribution >= 4 is 80.7 Å². The summed E-state index contributed by atoms with van der Waals surface area (Å²) >= 11 is 0. The number of nitrogens with one attached hydrogen (secondary N) is 9. The van der Waals surface area contributed by atoms with Crippen molar-refractivity contribution in [3.05, 3.63) is 209 Å². The van der Waals surface area contributed by atoms with Crippen molar-refractivity contribution in [3.8, 4) is 17.2 Å². The number of rotatable bonds is 16. The smallest absolute Gasteiger partial charge is 0.333 e. The molecule has 33 heteroatoms. The second-order valence-corrected chi connectivity index (χ2v) is 32.7. The quantitative estimate of drug-likeness (QED) is 0.0517. The van der Waals surface area contributed by atoms with Gasteiger partial charge in [-0.3, -0.25) is 43.2 Å². The molecule has 0 aliphatic carbocycles. The summed E-state index contributed by atoms with van der Waals surface area (Å²) in [4.78, 5) is 152. The highest BCUT2D eigenvalue weighted by Gasteiger charge is 2.51. The van der Waals surface area contributed by atoms with Crippen molar-refractivity contribution in [2.75, 3.05) is 34.3 Å². The number of phenolic OH excluding ortho intramolecular Hbond substituents is 1. The summed E-state index contributed by atoms with van der Waals surface area (Å²) < 4.78 is 50.4. The molecule has 2 fully saturated rings. The second kappa shape index (κ2) is 37.4. The Morgan fingerprint density at radius 1 is 0.558 bits per heavy atom. The highest BCUT2D eigenvalue weighted by Crippen LogP contribution is 2.36. The monoisotopic (exact) mass is 1650 g/mol. The van der Waals surface area contributed by atoms with Gasteiger partial charge >= 0.3 is 5.97 Å². The number of methoxy groups -OCH3 is 1. The molecular formula is C87H101F2N17O14. The van der Waals surface area contributed by atoms with Gasteiger partial charge in [-0.2, -0.15) is 0 Å². The highest BCUT2D eigenvalue weighted by atomic mass is 19.1. The zero-order valence-corrected chi connectivity index (χ0v) is 68.6. The molecule has 9 amide bonds. The average molecular weight is 1650 g/mol. The topological polar surface area (TPSA) is 395 Å². The largest absolute Gasteiger partial charge is 0.503 e. The number of carbonyl (C=O) groups is 10. The molecule has 12 atom stereocenters. The fourth-order valence-corrected chi connectivity index (χ4v) is 15.1. The van der Waals surface area contributed by atoms with Gasteiger partial charge in [0.05, 0.1) is 43.7 Å². The van der Waals surface area contributed by atoms with E-state index >= 15 is 28.8 Å². The van der Waals surface area contributed by atoms with E-state index in [4.69, 9.17) is 14.2 Å². The van der Waals surface area contributed by atoms with Crippen LogP contribution in [0.5, 0.6) is 17.2 Å². The molecular weight excluding hydrogens is 1550 g/mol. The highest BCUT2D eigenvalue weighted by molar-refractivity contribution is 5.99. The average Bonchev–Trinajstić information content (AvgIpc) is 1.63. The molecule has 8 bridgehead atoms. The Morgan fingerprint density at radius 3 is 1.43 bits per heavy atom. The van der Waals surface area contributed by atoms with Gasteiger partial charge in [0, 0.05) is 38.9 Å². The van der Waals surface area contributed by atoms with Gasteiger partial charge in [-0.15, -0.1) is 10.2 Å². The number of phenols is 1. The number of likely N-dealkylation sites (tertiary alicyclic amines) is 2. The standard InChI is InChI=1S/C87H101F2N17O14/c1-48(90-9)76(108)97-74(86(3,4)5)83(115)103-34-32-68-71(103)81(113)94-66(41-51-20-24-54-16-12-14-18-57(54)36-51)79(111)93-65(78(110)92-43-53-38-63(88)73(107)64(89)39-53)40-50-22-28-61(29-23-50)119-46-59-44-105(101-99-59)69-33-35-104(84(116)75(87(6,7)8)98-77(109)49(2)91-10)72(69)82(114)95-67(42-52-21-25-55-17-13-15-19-58(55)37-52)80(112)96-70(85(117)118-11)56-26-30-62(31-27-56)120-47-60-45-106(68)102-100-60/h12-31,36-39,44-45,48-49,65-72,74-75,90-91,107H,32-35,40-43,46-47H2,1-11H3,(H,92,110)(H,93,111)(H,94,113)(H,95,114)(H,96,112)(H,97,108)(H,98,109)/t48-,49-,65-,66-,67-,68+,69+,70-,71-,72-,74+,75+/m0/s1. The summed E-state index contributed by atoms with van der Waals surface area (Å²) in [5.74, 6) is -10.4. The van der Waals surface area contributed by atoms with Crippen molar-refractivity contribution in [2.24, 2.45) is 10.8 Å². The van der Waals surface area contributed by atoms with Crippen molar-refractivity contribution in [3.63, 3.8) is 0 Å². The molecule has 0 saturated carbocycles. The molecule has 10 N–H and O–H groups in total. The van der Waals surface area contributed by atoms with Crippen LogP contribution in [0.4, 0.5) is 8.78 Å². The van der Waals surface area contributed by atoms with Crippen LogP contribution < -0.4 is 57.3 Å². The fraction of sp³-hybridized carbons (Fsp3) is 0.402. The maximum atomic E-state index is 15.9. The first-order valence-corrected chi connectivity index (χ1v) is 39.8. The zero-order chi connectivity index (χ0) is 86.0. The number of likely N-dealkylation sites (N-methyl/N-ethyl adjacent to an activating group) is 2. The lowest BCUT2D eigenvalue weighted by Crippen LogP contribution is -2.61. The van der Waals surface area contributed by atoms with Gasteiger partial charge in [-0.05, 0) is 137 Å². The number of benzene rings is 7. The molecule has 120 heavy (non-hydrogen) atoms. The fourth-order valence-electron chi connectivity index (χ4n) is 15.1. The number of nitrogens with zero attached hydrogens (tertiary/aromatic N) is 8. The van der Waals surface area contributed by atoms with Crippen LogP contribution >= 0.6 is 0 Å². The van der Waals surface area contributed by atoms with Crippen LogP contribution in [-0.2, 0) is 91.7 Å². The normalized spacial score (nSPS) is 20.7. The number of aromatic hydroxyl groups is 1. The van der Waals surface area contributed by atoms with E-state index in [1.165, 1.54) is 37.5 Å². The number of esters is 1. The van der Waals surface area contributed by atoms with E-state index in [2.05, 4.69) is 68.5 Å². The lowest BCUT2D eigenvalue weighted by atomic mass is 9.85. The Kier molecular flexibility index (Phi) is 27.0. The first-order valence-electron chi connectivity index (χ1n) is 39.8. The van der Waals surface area contributed by atoms with Crippen LogP contribution in [0.3, 0.4) is 0 Å². The number of hydrogen-bond donors (Lipinski definition) is 10. The van der Waals surface area contributed by atoms with Crippen molar-refractivity contribution < 1.29 is 76.0 Å². The second-order valence-electron chi connectivity index (χ2n) is 32.7. The molecule has 0 radical (unpaired) electrons. The third kappa shape index (κ3) is 20.5. The van der Waals surface area contributed by atoms with Gasteiger partial charge in [0.1, 0.15) is 78.4 Å². The lowest BCUT2D eigenvalue weighted by molar-refractivity contribution is -0.146. The number of carbonyl (C=O) groups excluding carboxylic acids is 10. The van der Waals surface area contributed by atoms with E-state index in [0.717, 1.165) is 40.8 Å². The molecule has 6 aliphatic heterocycles. The van der Waals surface area contributed by atoms with Gasteiger partial charge in [0.15, 0.2) is 23.4 Å². The molecule has 31 nitrogen and oxygen atoms in total. The molecule has 632 valence electrons. The summed E-state index contributed by atoms with van der Waals surface area (Å²) in [6.07, 6.45) is 2.78. The van der Waals surface area contributed by atoms with Gasteiger partial charge in [-0.25, -0.2) is 22.9 Å². The van der Waals surface area contributed by atoms with E-state index in [9.17, 15) is 33.1 Å². The minimum absolute atomic E-state index is 0.0227. The number of aromatic nitrogens is 6. The molecule has 2 aromatic heterocycles. The maximum absolute atomic E-state index is 15.9. The van der Waals surface area contributed by atoms with Crippen molar-refractivity contribution in [1.29, 1.82) is 0 Å². The number of amides is 9. The molecule has 0 spiro atoms. The van der Waals surface area contributed by atoms with Gasteiger partial charge < -0.3 is 77.0 Å². The summed E-state index contributed by atoms with van der Waals surface area (Å²) in [6, 6.07) is 25.9. The Morgan fingerprint density at radius 2 is 0.992 bits per heavy atom. The van der Waals surface area contributed by atoms with Gasteiger partial charge in [0.2, 0.25) is 53.2 Å². The van der Waals surface area contributed by atoms with E-state index < -0.39 is 166 Å². The zero-order valence-electron chi connectivity index (χ0n) is 68.6. The van der Waals surface area contributed by atoms with Gasteiger partial charge in [-0.1, -0.05) is 161 Å². The predicted octanol–water partition coefficient (Wildman–Crippen LogP) is 5.72. The number of fused-ring (bicyclic) bond motifs is 2. The van der Waals surface area contributed by atoms with Crippen LogP contribution in [0.15, 0.2) is 158 Å². The molecule has 8 heterocycles. The first kappa shape index (κ1) is 86.6. The minimum atomic E-state index is -1.52. The lowest BCUT2D eigenvalue weighted by Gasteiger charge is -2.37. The number of halogens is 2. The van der Waals surface area contributed by atoms with E-state index in [-0.39, 0.29) is 92.4 Å². The predicted molar refractivity (Wildman–Crippen MR) is 437 cm³/mol. The van der Waals surface area contributed by atoms with Crippen LogP contribution in [0, 0.1) is 22.5 Å². The SMILES string of the molecule is CN[C@@H](C)C(=O)N[C@H](C(=O)N1CC[C@@H]2[C@H]1C(=O)N[C@@H](Cc1ccc3ccccc3c1)C(=O)N[C@H](C(=O)NCc1cc(F)c(O)c(F)c1)Cc1ccc(cc1)OCc1cn(nn1)[C@@H]1CCN(C(=O)[C@@H](NC(=O)[C@H](C)NC)C(C)(C)C)[C@@H]1C(=O)N[C@@H](Cc1ccc3ccccc3c1)C(=O)N[C@H](C(=O)OC)c1ccc(cc1)OCc1cn2nn1)C(C)(C)C. The summed E-state index contributed by atoms with van der Waals surface area (Å²) in [5, 5.41) is 57.1. The van der Waals surface area contributed by atoms with Gasteiger partial charge in [0.25, 0.3) is 0 Å². The Labute approximate surface area is 692 Å². The molecule has 9 aromatic rings. The Balaban J connectivity index is 0.931. The van der Waals surface area contributed by atoms with Crippen molar-refractivity contribution in [2.45, 2.75) is 180 Å². The molecule has 15 rings (SSSR count). The molecule has 2 saturated heterocycles. The third-order valence-electron chi connectivity index (χ3n) is 22.1. The molecule has 7 aromatic carbocycles. The van der Waals surface area contributed by atoms with E-state index in [0.29, 0.717) is 16.7 Å². The molecule has 6 aliphatic rings. The van der Waals surface area contributed by atoms with Crippen molar-refractivity contribution in [1.82, 2.24) is 87.6 Å². The summed E-state index contributed by atoms with van der Waals surface area (Å²) in [7, 11) is 4.36. The third-order valence-corrected chi connectivity index (χ3v) is 22.1. The number of hydrogen-bond acceptors (Lipinski definition) is 20. The van der Waals surface area contributed by atoms with Crippen LogP contribution in [0.2, 0.25) is 0 Å². The van der Waals surface area contributed by atoms with Crippen LogP contribution in [0.1, 0.15) is 126 Å². The Hall–Kier alpha value is -12.8. The minimum Gasteiger partial charge on any atom is -0.503 e. The van der Waals surface area contributed by atoms with E-state index in [1.807, 2.05) is 78.9 Å². The van der Waals surface area contributed by atoms with E-state index in [1.54, 1.807) is 118 Å². The summed E-state index contributed by atoms with van der Waals surface area (Å²) in [5.41, 5.74) is 0.490. The van der Waals surface area contributed by atoms with Crippen LogP contribution in [0.25, 0.3) is 21.5 Å².